The SMILES string of the molecule is CCN1/C(=C/c2cc[n+](C)c3ccccc23)C=Cc2ccccc21. The number of fused-ring (bicyclic) bond motifs is 2. The number of aryl methyl sites for hydroxylation is 1. The van der Waals surface area contributed by atoms with Crippen molar-refractivity contribution in [3.8, 4) is 0 Å². The van der Waals surface area contributed by atoms with E-state index in [1.54, 1.807) is 0 Å². The molecule has 0 atom stereocenters. The molecule has 0 spiro atoms. The molecule has 0 saturated heterocycles. The smallest absolute Gasteiger partial charge is 0.212 e. The maximum atomic E-state index is 2.37. The Bertz CT molecular complexity index is 967. The summed E-state index contributed by atoms with van der Waals surface area (Å²) in [6, 6.07) is 19.3. The maximum absolute atomic E-state index is 2.37. The Labute approximate surface area is 143 Å². The summed E-state index contributed by atoms with van der Waals surface area (Å²) in [6.07, 6.45) is 8.84. The van der Waals surface area contributed by atoms with Crippen LogP contribution in [0.1, 0.15) is 18.1 Å². The van der Waals surface area contributed by atoms with Crippen LogP contribution in [-0.2, 0) is 7.05 Å². The summed E-state index contributed by atoms with van der Waals surface area (Å²) in [5, 5.41) is 1.28. The van der Waals surface area contributed by atoms with E-state index in [4.69, 9.17) is 0 Å². The zero-order valence-electron chi connectivity index (χ0n) is 14.1. The highest BCUT2D eigenvalue weighted by Gasteiger charge is 2.16. The predicted molar refractivity (Wildman–Crippen MR) is 102 cm³/mol. The van der Waals surface area contributed by atoms with Crippen molar-refractivity contribution in [2.45, 2.75) is 6.92 Å². The fourth-order valence-corrected chi connectivity index (χ4v) is 3.43. The fraction of sp³-hybridized carbons (Fsp3) is 0.136. The van der Waals surface area contributed by atoms with Gasteiger partial charge in [-0.1, -0.05) is 36.4 Å². The molecule has 1 aromatic heterocycles. The van der Waals surface area contributed by atoms with Gasteiger partial charge in [-0.15, -0.1) is 0 Å². The lowest BCUT2D eigenvalue weighted by atomic mass is 10.0. The first-order valence-electron chi connectivity index (χ1n) is 8.41. The molecular weight excluding hydrogens is 292 g/mol. The maximum Gasteiger partial charge on any atom is 0.212 e. The molecule has 0 saturated carbocycles. The molecule has 4 rings (SSSR count). The number of hydrogen-bond acceptors (Lipinski definition) is 1. The molecule has 0 radical (unpaired) electrons. The Morgan fingerprint density at radius 1 is 0.958 bits per heavy atom. The molecule has 1 aliphatic heterocycles. The zero-order valence-corrected chi connectivity index (χ0v) is 14.1. The van der Waals surface area contributed by atoms with Crippen LogP contribution >= 0.6 is 0 Å². The van der Waals surface area contributed by atoms with Gasteiger partial charge in [0.25, 0.3) is 0 Å². The second-order valence-corrected chi connectivity index (χ2v) is 6.10. The number of allylic oxidation sites excluding steroid dienone is 1. The van der Waals surface area contributed by atoms with Crippen molar-refractivity contribution >= 4 is 28.7 Å². The highest BCUT2D eigenvalue weighted by Crippen LogP contribution is 2.32. The van der Waals surface area contributed by atoms with Crippen molar-refractivity contribution in [1.82, 2.24) is 0 Å². The van der Waals surface area contributed by atoms with Gasteiger partial charge in [-0.2, -0.15) is 0 Å². The van der Waals surface area contributed by atoms with E-state index in [1.165, 1.54) is 33.4 Å². The van der Waals surface area contributed by atoms with Crippen molar-refractivity contribution < 1.29 is 4.57 Å². The summed E-state index contributed by atoms with van der Waals surface area (Å²) in [7, 11) is 2.09. The van der Waals surface area contributed by atoms with Gasteiger partial charge >= 0.3 is 0 Å². The number of anilines is 1. The normalized spacial score (nSPS) is 15.1. The third kappa shape index (κ3) is 2.41. The lowest BCUT2D eigenvalue weighted by Gasteiger charge is -2.29. The van der Waals surface area contributed by atoms with E-state index >= 15 is 0 Å². The second-order valence-electron chi connectivity index (χ2n) is 6.10. The summed E-state index contributed by atoms with van der Waals surface area (Å²) < 4.78 is 2.17. The molecular formula is C22H21N2+. The lowest BCUT2D eigenvalue weighted by molar-refractivity contribution is -0.644. The number of aromatic nitrogens is 1. The molecule has 24 heavy (non-hydrogen) atoms. The number of rotatable bonds is 2. The third-order valence-corrected chi connectivity index (χ3v) is 4.67. The Morgan fingerprint density at radius 3 is 2.62 bits per heavy atom. The molecule has 0 aliphatic carbocycles. The molecule has 0 bridgehead atoms. The van der Waals surface area contributed by atoms with E-state index in [9.17, 15) is 0 Å². The van der Waals surface area contributed by atoms with Gasteiger partial charge in [0, 0.05) is 30.1 Å². The molecule has 0 N–H and O–H groups in total. The summed E-state index contributed by atoms with van der Waals surface area (Å²) in [4.78, 5) is 2.37. The topological polar surface area (TPSA) is 7.12 Å². The molecule has 0 fully saturated rings. The first kappa shape index (κ1) is 14.7. The van der Waals surface area contributed by atoms with Crippen LogP contribution in [0.15, 0.2) is 72.6 Å². The molecule has 1 aliphatic rings. The van der Waals surface area contributed by atoms with Gasteiger partial charge in [0.2, 0.25) is 5.52 Å². The molecule has 0 unspecified atom stereocenters. The minimum absolute atomic E-state index is 0.950. The Kier molecular flexibility index (Phi) is 3.66. The Balaban J connectivity index is 1.87. The van der Waals surface area contributed by atoms with Gasteiger partial charge in [0.05, 0.1) is 5.39 Å². The Morgan fingerprint density at radius 2 is 1.75 bits per heavy atom. The van der Waals surface area contributed by atoms with Crippen LogP contribution < -0.4 is 9.47 Å². The van der Waals surface area contributed by atoms with Crippen LogP contribution in [0.3, 0.4) is 0 Å². The van der Waals surface area contributed by atoms with Gasteiger partial charge in [0.15, 0.2) is 6.20 Å². The average molecular weight is 313 g/mol. The van der Waals surface area contributed by atoms with E-state index in [2.05, 4.69) is 102 Å². The van der Waals surface area contributed by atoms with Crippen LogP contribution in [0.25, 0.3) is 23.1 Å². The fourth-order valence-electron chi connectivity index (χ4n) is 3.43. The first-order chi connectivity index (χ1) is 11.8. The number of nitrogens with zero attached hydrogens (tertiary/aromatic N) is 2. The minimum atomic E-state index is 0.950. The minimum Gasteiger partial charge on any atom is -0.341 e. The van der Waals surface area contributed by atoms with Crippen LogP contribution in [0.2, 0.25) is 0 Å². The van der Waals surface area contributed by atoms with Crippen LogP contribution in [-0.4, -0.2) is 6.54 Å². The van der Waals surface area contributed by atoms with Gasteiger partial charge < -0.3 is 4.90 Å². The quantitative estimate of drug-likeness (QED) is 0.629. The number of likely N-dealkylation sites (N-methyl/N-ethyl adjacent to an activating group) is 1. The van der Waals surface area contributed by atoms with Crippen molar-refractivity contribution in [3.05, 3.63) is 83.7 Å². The number of pyridine rings is 1. The highest BCUT2D eigenvalue weighted by molar-refractivity contribution is 5.88. The molecule has 118 valence electrons. The lowest BCUT2D eigenvalue weighted by Crippen LogP contribution is -2.28. The zero-order chi connectivity index (χ0) is 16.5. The monoisotopic (exact) mass is 313 g/mol. The van der Waals surface area contributed by atoms with Crippen molar-refractivity contribution in [3.63, 3.8) is 0 Å². The number of benzene rings is 2. The van der Waals surface area contributed by atoms with Crippen LogP contribution in [0.5, 0.6) is 0 Å². The van der Waals surface area contributed by atoms with E-state index in [0.717, 1.165) is 6.54 Å². The molecule has 0 amide bonds. The van der Waals surface area contributed by atoms with E-state index in [-0.39, 0.29) is 0 Å². The van der Waals surface area contributed by atoms with Crippen LogP contribution in [0, 0.1) is 0 Å². The largest absolute Gasteiger partial charge is 0.341 e. The summed E-state index contributed by atoms with van der Waals surface area (Å²) >= 11 is 0. The summed E-state index contributed by atoms with van der Waals surface area (Å²) in [5.74, 6) is 0. The molecule has 2 aromatic carbocycles. The molecule has 3 aromatic rings. The third-order valence-electron chi connectivity index (χ3n) is 4.67. The molecule has 2 nitrogen and oxygen atoms in total. The van der Waals surface area contributed by atoms with Gasteiger partial charge in [-0.05, 0) is 42.3 Å². The second kappa shape index (κ2) is 5.97. The average Bonchev–Trinajstić information content (AvgIpc) is 2.64. The van der Waals surface area contributed by atoms with Crippen molar-refractivity contribution in [2.75, 3.05) is 11.4 Å². The number of hydrogen-bond donors (Lipinski definition) is 0. The standard InChI is InChI=1S/C22H21N2/c1-3-24-19(13-12-17-8-4-6-10-21(17)24)16-18-14-15-23(2)22-11-7-5-9-20(18)22/h4-16H,3H2,1-2H3/q+1. The van der Waals surface area contributed by atoms with E-state index < -0.39 is 0 Å². The van der Waals surface area contributed by atoms with Gasteiger partial charge in [-0.3, -0.25) is 0 Å². The van der Waals surface area contributed by atoms with Gasteiger partial charge in [0.1, 0.15) is 7.05 Å². The number of para-hydroxylation sites is 2. The van der Waals surface area contributed by atoms with Crippen molar-refractivity contribution in [2.24, 2.45) is 7.05 Å². The van der Waals surface area contributed by atoms with Crippen molar-refractivity contribution in [1.29, 1.82) is 0 Å². The summed E-state index contributed by atoms with van der Waals surface area (Å²) in [6.45, 7) is 3.15. The Hall–Kier alpha value is -2.87. The predicted octanol–water partition coefficient (Wildman–Crippen LogP) is 4.56. The molecule has 2 heteroatoms. The first-order valence-corrected chi connectivity index (χ1v) is 8.41. The molecule has 2 heterocycles. The van der Waals surface area contributed by atoms with Gasteiger partial charge in [-0.25, -0.2) is 4.57 Å². The van der Waals surface area contributed by atoms with Crippen LogP contribution in [0.4, 0.5) is 5.69 Å². The van der Waals surface area contributed by atoms with E-state index in [0.29, 0.717) is 0 Å². The summed E-state index contributed by atoms with van der Waals surface area (Å²) in [5.41, 5.74) is 6.28. The highest BCUT2D eigenvalue weighted by atomic mass is 15.1. The van der Waals surface area contributed by atoms with E-state index in [1.807, 2.05) is 0 Å².